The van der Waals surface area contributed by atoms with Crippen LogP contribution in [0.3, 0.4) is 0 Å². The molecule has 4 nitrogen and oxygen atoms in total. The third-order valence-corrected chi connectivity index (χ3v) is 5.95. The lowest BCUT2D eigenvalue weighted by atomic mass is 9.98. The number of H-pyrrole nitrogens is 1. The Bertz CT molecular complexity index is 958. The molecule has 0 spiro atoms. The van der Waals surface area contributed by atoms with Crippen LogP contribution in [0.4, 0.5) is 0 Å². The largest absolute Gasteiger partial charge is 0.493 e. The molecule has 0 fully saturated rings. The molecule has 1 aliphatic carbocycles. The number of aromatic amines is 1. The first-order chi connectivity index (χ1) is 12.3. The van der Waals surface area contributed by atoms with Crippen molar-refractivity contribution in [3.8, 4) is 17.1 Å². The third kappa shape index (κ3) is 3.09. The standard InChI is InChI=1S/C20H22N2O2S/c1-2-24-15-11-8-7-9-13(15)18-21-19(23)17-14-10-5-3-4-6-12-16(14)25-20(17)22-18/h7-9,11H,2-6,10,12H2,1H3,(H,21,22,23). The highest BCUT2D eigenvalue weighted by Crippen LogP contribution is 2.34. The first-order valence-corrected chi connectivity index (χ1v) is 9.86. The van der Waals surface area contributed by atoms with Crippen LogP contribution in [0, 0.1) is 0 Å². The van der Waals surface area contributed by atoms with Crippen molar-refractivity contribution in [2.45, 2.75) is 45.4 Å². The number of benzene rings is 1. The predicted molar refractivity (Wildman–Crippen MR) is 103 cm³/mol. The van der Waals surface area contributed by atoms with Crippen molar-refractivity contribution in [1.29, 1.82) is 0 Å². The SMILES string of the molecule is CCOc1ccccc1-c1nc2sc3c(c2c(=O)[nH]1)CCCCCC3. The Hall–Kier alpha value is -2.14. The topological polar surface area (TPSA) is 55.0 Å². The summed E-state index contributed by atoms with van der Waals surface area (Å²) in [6.07, 6.45) is 6.97. The number of ether oxygens (including phenoxy) is 1. The summed E-state index contributed by atoms with van der Waals surface area (Å²) in [4.78, 5) is 22.8. The molecular formula is C20H22N2O2S. The van der Waals surface area contributed by atoms with Crippen LogP contribution >= 0.6 is 11.3 Å². The molecule has 2 aromatic heterocycles. The minimum atomic E-state index is -0.0237. The van der Waals surface area contributed by atoms with Crippen LogP contribution in [0.25, 0.3) is 21.6 Å². The Kier molecular flexibility index (Phi) is 4.57. The Morgan fingerprint density at radius 2 is 1.96 bits per heavy atom. The van der Waals surface area contributed by atoms with E-state index in [4.69, 9.17) is 9.72 Å². The van der Waals surface area contributed by atoms with E-state index in [1.807, 2.05) is 31.2 Å². The van der Waals surface area contributed by atoms with Gasteiger partial charge in [0.2, 0.25) is 0 Å². The number of hydrogen-bond donors (Lipinski definition) is 1. The highest BCUT2D eigenvalue weighted by Gasteiger charge is 2.19. The molecule has 0 saturated carbocycles. The average Bonchev–Trinajstić information content (AvgIpc) is 2.93. The molecule has 3 aromatic rings. The maximum Gasteiger partial charge on any atom is 0.260 e. The summed E-state index contributed by atoms with van der Waals surface area (Å²) < 4.78 is 5.70. The molecule has 0 amide bonds. The molecule has 1 aliphatic rings. The highest BCUT2D eigenvalue weighted by atomic mass is 32.1. The van der Waals surface area contributed by atoms with Crippen LogP contribution in [-0.2, 0) is 12.8 Å². The van der Waals surface area contributed by atoms with E-state index in [-0.39, 0.29) is 5.56 Å². The van der Waals surface area contributed by atoms with Gasteiger partial charge in [-0.3, -0.25) is 4.79 Å². The van der Waals surface area contributed by atoms with Gasteiger partial charge in [0.1, 0.15) is 16.4 Å². The van der Waals surface area contributed by atoms with E-state index in [2.05, 4.69) is 4.98 Å². The predicted octanol–water partition coefficient (Wildman–Crippen LogP) is 4.71. The second-order valence-corrected chi connectivity index (χ2v) is 7.53. The fourth-order valence-electron chi connectivity index (χ4n) is 3.59. The summed E-state index contributed by atoms with van der Waals surface area (Å²) in [6.45, 7) is 2.53. The summed E-state index contributed by atoms with van der Waals surface area (Å²) in [7, 11) is 0. The van der Waals surface area contributed by atoms with E-state index in [0.717, 1.165) is 40.8 Å². The smallest absolute Gasteiger partial charge is 0.260 e. The van der Waals surface area contributed by atoms with Crippen LogP contribution < -0.4 is 10.3 Å². The lowest BCUT2D eigenvalue weighted by molar-refractivity contribution is 0.341. The molecule has 5 heteroatoms. The summed E-state index contributed by atoms with van der Waals surface area (Å²) in [5.74, 6) is 1.35. The van der Waals surface area contributed by atoms with Gasteiger partial charge in [-0.05, 0) is 50.3 Å². The maximum absolute atomic E-state index is 12.8. The maximum atomic E-state index is 12.8. The molecule has 0 radical (unpaired) electrons. The number of hydrogen-bond acceptors (Lipinski definition) is 4. The summed E-state index contributed by atoms with van der Waals surface area (Å²) in [5.41, 5.74) is 2.05. The molecule has 4 rings (SSSR count). The van der Waals surface area contributed by atoms with E-state index < -0.39 is 0 Å². The van der Waals surface area contributed by atoms with Crippen LogP contribution in [0.5, 0.6) is 5.75 Å². The zero-order valence-electron chi connectivity index (χ0n) is 14.4. The number of nitrogens with one attached hydrogen (secondary N) is 1. The van der Waals surface area contributed by atoms with Gasteiger partial charge >= 0.3 is 0 Å². The highest BCUT2D eigenvalue weighted by molar-refractivity contribution is 7.18. The molecule has 0 saturated heterocycles. The third-order valence-electron chi connectivity index (χ3n) is 4.77. The Balaban J connectivity index is 1.87. The fourth-order valence-corrected chi connectivity index (χ4v) is 4.85. The number of aryl methyl sites for hydroxylation is 2. The van der Waals surface area contributed by atoms with E-state index in [1.165, 1.54) is 29.7 Å². The Morgan fingerprint density at radius 1 is 1.16 bits per heavy atom. The van der Waals surface area contributed by atoms with Gasteiger partial charge in [-0.25, -0.2) is 4.98 Å². The minimum Gasteiger partial charge on any atom is -0.493 e. The first kappa shape index (κ1) is 16.3. The van der Waals surface area contributed by atoms with Crippen molar-refractivity contribution in [1.82, 2.24) is 9.97 Å². The summed E-state index contributed by atoms with van der Waals surface area (Å²) in [5, 5.41) is 0.805. The molecule has 1 N–H and O–H groups in total. The fraction of sp³-hybridized carbons (Fsp3) is 0.400. The molecular weight excluding hydrogens is 332 g/mol. The van der Waals surface area contributed by atoms with E-state index in [0.29, 0.717) is 12.4 Å². The number of aromatic nitrogens is 2. The normalized spacial score (nSPS) is 14.8. The minimum absolute atomic E-state index is 0.0237. The Morgan fingerprint density at radius 3 is 2.80 bits per heavy atom. The molecule has 25 heavy (non-hydrogen) atoms. The van der Waals surface area contributed by atoms with Crippen LogP contribution in [0.15, 0.2) is 29.1 Å². The second kappa shape index (κ2) is 7.00. The van der Waals surface area contributed by atoms with Crippen LogP contribution in [-0.4, -0.2) is 16.6 Å². The second-order valence-electron chi connectivity index (χ2n) is 6.44. The van der Waals surface area contributed by atoms with Gasteiger partial charge in [-0.15, -0.1) is 11.3 Å². The van der Waals surface area contributed by atoms with Crippen molar-refractivity contribution < 1.29 is 4.74 Å². The van der Waals surface area contributed by atoms with Gasteiger partial charge in [0.25, 0.3) is 5.56 Å². The lowest BCUT2D eigenvalue weighted by Crippen LogP contribution is -2.11. The zero-order valence-corrected chi connectivity index (χ0v) is 15.2. The number of nitrogens with zero attached hydrogens (tertiary/aromatic N) is 1. The van der Waals surface area contributed by atoms with E-state index >= 15 is 0 Å². The van der Waals surface area contributed by atoms with Crippen LogP contribution in [0.1, 0.15) is 43.0 Å². The van der Waals surface area contributed by atoms with E-state index in [1.54, 1.807) is 11.3 Å². The molecule has 0 aliphatic heterocycles. The molecule has 130 valence electrons. The van der Waals surface area contributed by atoms with Crippen molar-refractivity contribution in [3.63, 3.8) is 0 Å². The molecule has 0 atom stereocenters. The number of thiophene rings is 1. The molecule has 1 aromatic carbocycles. The van der Waals surface area contributed by atoms with Crippen molar-refractivity contribution >= 4 is 21.6 Å². The Labute approximate surface area is 150 Å². The van der Waals surface area contributed by atoms with E-state index in [9.17, 15) is 4.79 Å². The zero-order chi connectivity index (χ0) is 17.2. The molecule has 2 heterocycles. The monoisotopic (exact) mass is 354 g/mol. The van der Waals surface area contributed by atoms with Gasteiger partial charge in [-0.1, -0.05) is 25.0 Å². The van der Waals surface area contributed by atoms with Crippen molar-refractivity contribution in [2.75, 3.05) is 6.61 Å². The van der Waals surface area contributed by atoms with Gasteiger partial charge < -0.3 is 9.72 Å². The summed E-state index contributed by atoms with van der Waals surface area (Å²) in [6, 6.07) is 7.73. The van der Waals surface area contributed by atoms with Crippen molar-refractivity contribution in [3.05, 3.63) is 45.1 Å². The quantitative estimate of drug-likeness (QED) is 0.741. The van der Waals surface area contributed by atoms with Crippen molar-refractivity contribution in [2.24, 2.45) is 0 Å². The average molecular weight is 354 g/mol. The molecule has 0 unspecified atom stereocenters. The number of fused-ring (bicyclic) bond motifs is 3. The van der Waals surface area contributed by atoms with Gasteiger partial charge in [-0.2, -0.15) is 0 Å². The first-order valence-electron chi connectivity index (χ1n) is 9.04. The number of rotatable bonds is 3. The van der Waals surface area contributed by atoms with Gasteiger partial charge in [0.05, 0.1) is 17.6 Å². The van der Waals surface area contributed by atoms with Gasteiger partial charge in [0, 0.05) is 4.88 Å². The van der Waals surface area contributed by atoms with Gasteiger partial charge in [0.15, 0.2) is 0 Å². The number of para-hydroxylation sites is 1. The summed E-state index contributed by atoms with van der Waals surface area (Å²) >= 11 is 1.69. The van der Waals surface area contributed by atoms with Crippen LogP contribution in [0.2, 0.25) is 0 Å². The molecule has 0 bridgehead atoms. The lowest BCUT2D eigenvalue weighted by Gasteiger charge is -2.10.